The van der Waals surface area contributed by atoms with Crippen LogP contribution in [0.1, 0.15) is 26.3 Å². The molecule has 218 valence electrons. The Kier molecular flexibility index (Phi) is 7.87. The largest absolute Gasteiger partial charge is 0.487 e. The number of nitrogens with one attached hydrogen (secondary N) is 2. The highest BCUT2D eigenvalue weighted by molar-refractivity contribution is 8.01. The van der Waals surface area contributed by atoms with Gasteiger partial charge in [0, 0.05) is 25.0 Å². The van der Waals surface area contributed by atoms with Crippen molar-refractivity contribution in [3.8, 4) is 5.75 Å². The van der Waals surface area contributed by atoms with Crippen LogP contribution in [-0.4, -0.2) is 94.8 Å². The molecule has 0 bridgehead atoms. The van der Waals surface area contributed by atoms with Gasteiger partial charge in [0.1, 0.15) is 40.6 Å². The van der Waals surface area contributed by atoms with E-state index in [1.165, 1.54) is 33.1 Å². The van der Waals surface area contributed by atoms with E-state index in [0.717, 1.165) is 5.56 Å². The van der Waals surface area contributed by atoms with Gasteiger partial charge in [0.25, 0.3) is 5.91 Å². The molecule has 0 spiro atoms. The number of aromatic nitrogens is 4. The predicted molar refractivity (Wildman–Crippen MR) is 147 cm³/mol. The maximum atomic E-state index is 13.6. The smallest absolute Gasteiger partial charge is 0.408 e. The van der Waals surface area contributed by atoms with Crippen molar-refractivity contribution in [3.63, 3.8) is 0 Å². The number of fused-ring (bicyclic) bond motifs is 2. The maximum Gasteiger partial charge on any atom is 0.408 e. The van der Waals surface area contributed by atoms with Gasteiger partial charge in [-0.05, 0) is 48.4 Å². The number of ether oxygens (including phenoxy) is 2. The molecule has 5 rings (SSSR count). The molecule has 3 aliphatic rings. The van der Waals surface area contributed by atoms with Crippen molar-refractivity contribution in [1.29, 1.82) is 0 Å². The number of nitrogens with zero attached hydrogens (tertiary/aromatic N) is 5. The summed E-state index contributed by atoms with van der Waals surface area (Å²) in [4.78, 5) is 52.8. The Morgan fingerprint density at radius 1 is 1.29 bits per heavy atom. The first kappa shape index (κ1) is 28.7. The van der Waals surface area contributed by atoms with E-state index in [1.807, 2.05) is 18.2 Å². The number of rotatable bonds is 8. The minimum atomic E-state index is -1.23. The molecular weight excluding hydrogens is 574 g/mol. The zero-order valence-electron chi connectivity index (χ0n) is 22.7. The topological polar surface area (TPSA) is 178 Å². The van der Waals surface area contributed by atoms with E-state index in [4.69, 9.17) is 9.47 Å². The number of carbonyl (C=O) groups excluding carboxylic acids is 3. The van der Waals surface area contributed by atoms with Crippen LogP contribution >= 0.6 is 23.5 Å². The lowest BCUT2D eigenvalue weighted by molar-refractivity contribution is -0.151. The molecule has 3 aliphatic heterocycles. The summed E-state index contributed by atoms with van der Waals surface area (Å²) >= 11 is 2.61. The van der Waals surface area contributed by atoms with Gasteiger partial charge in [0.15, 0.2) is 0 Å². The van der Waals surface area contributed by atoms with Crippen molar-refractivity contribution in [2.45, 2.75) is 61.5 Å². The normalized spacial score (nSPS) is 22.2. The number of aryl methyl sites for hydroxylation is 1. The van der Waals surface area contributed by atoms with Crippen LogP contribution in [-0.2, 0) is 32.6 Å². The summed E-state index contributed by atoms with van der Waals surface area (Å²) in [7, 11) is 1.67. The van der Waals surface area contributed by atoms with Crippen LogP contribution in [0.4, 0.5) is 4.79 Å². The Morgan fingerprint density at radius 3 is 2.71 bits per heavy atom. The molecule has 16 heteroatoms. The van der Waals surface area contributed by atoms with Crippen molar-refractivity contribution >= 4 is 47.4 Å². The van der Waals surface area contributed by atoms with Crippen LogP contribution in [0.3, 0.4) is 0 Å². The van der Waals surface area contributed by atoms with Crippen molar-refractivity contribution in [2.24, 2.45) is 7.05 Å². The Balaban J connectivity index is 1.30. The molecule has 1 saturated heterocycles. The predicted octanol–water partition coefficient (Wildman–Crippen LogP) is 0.938. The van der Waals surface area contributed by atoms with Crippen LogP contribution < -0.4 is 15.4 Å². The summed E-state index contributed by atoms with van der Waals surface area (Å²) in [6.45, 7) is 5.11. The Hall–Kier alpha value is -3.79. The molecule has 3 N–H and O–H groups in total. The van der Waals surface area contributed by atoms with E-state index in [2.05, 4.69) is 26.2 Å². The van der Waals surface area contributed by atoms with Crippen molar-refractivity contribution in [1.82, 2.24) is 35.7 Å². The number of amides is 3. The number of thioether (sulfide) groups is 2. The first-order valence-electron chi connectivity index (χ1n) is 12.7. The molecule has 2 aromatic rings. The van der Waals surface area contributed by atoms with E-state index in [1.54, 1.807) is 33.9 Å². The van der Waals surface area contributed by atoms with E-state index in [9.17, 15) is 24.3 Å². The van der Waals surface area contributed by atoms with Crippen molar-refractivity contribution in [2.75, 3.05) is 11.5 Å². The average Bonchev–Trinajstić information content (AvgIpc) is 3.52. The number of benzene rings is 1. The van der Waals surface area contributed by atoms with Crippen LogP contribution in [0, 0.1) is 0 Å². The lowest BCUT2D eigenvalue weighted by Crippen LogP contribution is -2.72. The number of hydrogen-bond donors (Lipinski definition) is 3. The highest BCUT2D eigenvalue weighted by Gasteiger charge is 2.55. The van der Waals surface area contributed by atoms with E-state index in [-0.39, 0.29) is 11.4 Å². The monoisotopic (exact) mass is 603 g/mol. The minimum Gasteiger partial charge on any atom is -0.487 e. The summed E-state index contributed by atoms with van der Waals surface area (Å²) in [5.41, 5.74) is 0.525. The van der Waals surface area contributed by atoms with E-state index < -0.39 is 53.0 Å². The fourth-order valence-electron chi connectivity index (χ4n) is 4.69. The van der Waals surface area contributed by atoms with Gasteiger partial charge in [0.05, 0.1) is 0 Å². The number of carboxylic acids is 1. The third-order valence-electron chi connectivity index (χ3n) is 6.50. The first-order valence-corrected chi connectivity index (χ1v) is 14.8. The molecule has 4 unspecified atom stereocenters. The Labute approximate surface area is 243 Å². The van der Waals surface area contributed by atoms with Crippen LogP contribution in [0.5, 0.6) is 5.75 Å². The summed E-state index contributed by atoms with van der Waals surface area (Å²) in [5.74, 6) is -1.21. The number of carboxylic acid groups (broad SMARTS) is 1. The fraction of sp³-hybridized carbons (Fsp3) is 0.480. The number of hydrogen-bond acceptors (Lipinski definition) is 11. The second-order valence-corrected chi connectivity index (χ2v) is 12.7. The maximum absolute atomic E-state index is 13.6. The summed E-state index contributed by atoms with van der Waals surface area (Å²) in [6.07, 6.45) is -1.18. The standard InChI is InChI=1S/C25H29N7O7S2/c1-25(2,3)39-24(37)27-16(15-9-12-7-5-6-8-14(12)38-15)19(33)26-17-20(34)32-18(22(35)36)13(10-40-21(17)32)11-41-23-28-29-30-31(23)4/h5-8,15-17,21H,9-11H2,1-4H3,(H,26,33)(H,27,37)(H,35,36). The quantitative estimate of drug-likeness (QED) is 0.288. The third-order valence-corrected chi connectivity index (χ3v) is 8.94. The van der Waals surface area contributed by atoms with Crippen LogP contribution in [0.15, 0.2) is 40.7 Å². The lowest BCUT2D eigenvalue weighted by Gasteiger charge is -2.49. The molecule has 1 fully saturated rings. The summed E-state index contributed by atoms with van der Waals surface area (Å²) in [5, 5.41) is 26.4. The minimum absolute atomic E-state index is 0.107. The SMILES string of the molecule is Cn1nnnc1SCC1=C(C(=O)O)N2C(=O)C(NC(=O)C(NC(=O)OC(C)(C)C)C3Cc4ccccc4O3)C2SC1. The molecular formula is C25H29N7O7S2. The second-order valence-electron chi connectivity index (χ2n) is 10.6. The van der Waals surface area contributed by atoms with Crippen LogP contribution in [0.25, 0.3) is 0 Å². The molecule has 1 aromatic heterocycles. The Bertz CT molecular complexity index is 1400. The fourth-order valence-corrected chi connectivity index (χ4v) is 7.02. The molecule has 3 amide bonds. The zero-order chi connectivity index (χ0) is 29.5. The van der Waals surface area contributed by atoms with Crippen molar-refractivity contribution in [3.05, 3.63) is 41.1 Å². The number of tetrazole rings is 1. The summed E-state index contributed by atoms with van der Waals surface area (Å²) in [6, 6.07) is 5.16. The molecule has 0 saturated carbocycles. The van der Waals surface area contributed by atoms with Crippen LogP contribution in [0.2, 0.25) is 0 Å². The van der Waals surface area contributed by atoms with E-state index >= 15 is 0 Å². The highest BCUT2D eigenvalue weighted by atomic mass is 32.2. The van der Waals surface area contributed by atoms with Gasteiger partial charge in [-0.2, -0.15) is 0 Å². The zero-order valence-corrected chi connectivity index (χ0v) is 24.3. The number of para-hydroxylation sites is 1. The molecule has 41 heavy (non-hydrogen) atoms. The van der Waals surface area contributed by atoms with Gasteiger partial charge >= 0.3 is 12.1 Å². The number of aliphatic carboxylic acids is 1. The molecule has 4 heterocycles. The van der Waals surface area contributed by atoms with E-state index in [0.29, 0.717) is 28.7 Å². The first-order chi connectivity index (χ1) is 19.4. The second kappa shape index (κ2) is 11.2. The summed E-state index contributed by atoms with van der Waals surface area (Å²) < 4.78 is 12.8. The molecule has 14 nitrogen and oxygen atoms in total. The van der Waals surface area contributed by atoms with Crippen molar-refractivity contribution < 1.29 is 33.8 Å². The highest BCUT2D eigenvalue weighted by Crippen LogP contribution is 2.41. The average molecular weight is 604 g/mol. The molecule has 0 radical (unpaired) electrons. The van der Waals surface area contributed by atoms with Gasteiger partial charge in [0.2, 0.25) is 11.1 Å². The lowest BCUT2D eigenvalue weighted by atomic mass is 10.0. The van der Waals surface area contributed by atoms with Gasteiger partial charge in [-0.1, -0.05) is 30.0 Å². The molecule has 4 atom stereocenters. The number of alkyl carbamates (subject to hydrolysis) is 1. The van der Waals surface area contributed by atoms with Gasteiger partial charge < -0.3 is 25.2 Å². The van der Waals surface area contributed by atoms with Gasteiger partial charge in [-0.25, -0.2) is 14.3 Å². The molecule has 1 aromatic carbocycles. The number of β-lactam (4-membered cyclic amide) rings is 1. The number of carbonyl (C=O) groups is 4. The van der Waals surface area contributed by atoms with Gasteiger partial charge in [-0.3, -0.25) is 14.5 Å². The Morgan fingerprint density at radius 2 is 2.05 bits per heavy atom. The van der Waals surface area contributed by atoms with Gasteiger partial charge in [-0.15, -0.1) is 16.9 Å². The third kappa shape index (κ3) is 5.98. The molecule has 0 aliphatic carbocycles.